The van der Waals surface area contributed by atoms with Crippen molar-refractivity contribution in [2.75, 3.05) is 26.2 Å². The number of aromatic nitrogens is 1. The summed E-state index contributed by atoms with van der Waals surface area (Å²) < 4.78 is 1.27. The molecule has 2 saturated heterocycles. The molecule has 2 aliphatic heterocycles. The van der Waals surface area contributed by atoms with E-state index in [9.17, 15) is 4.79 Å². The number of carbonyl (C=O) groups excluding carboxylic acids is 1. The Hall–Kier alpha value is -1.46. The first-order valence-corrected chi connectivity index (χ1v) is 10.4. The minimum atomic E-state index is 0.316. The van der Waals surface area contributed by atoms with Crippen LogP contribution in [-0.2, 0) is 4.79 Å². The van der Waals surface area contributed by atoms with Gasteiger partial charge in [-0.2, -0.15) is 0 Å². The van der Waals surface area contributed by atoms with Crippen LogP contribution in [0.25, 0.3) is 10.2 Å². The number of nitrogens with zero attached hydrogens (tertiary/aromatic N) is 3. The van der Waals surface area contributed by atoms with Crippen molar-refractivity contribution in [2.24, 2.45) is 0 Å². The van der Waals surface area contributed by atoms with Gasteiger partial charge in [0.1, 0.15) is 0 Å². The number of para-hydroxylation sites is 1. The molecule has 0 aliphatic carbocycles. The van der Waals surface area contributed by atoms with Gasteiger partial charge in [-0.15, -0.1) is 11.3 Å². The summed E-state index contributed by atoms with van der Waals surface area (Å²) >= 11 is 1.82. The summed E-state index contributed by atoms with van der Waals surface area (Å²) in [6.45, 7) is 5.69. The number of carbonyl (C=O) groups is 1. The third-order valence-electron chi connectivity index (χ3n) is 5.79. The van der Waals surface area contributed by atoms with E-state index in [-0.39, 0.29) is 0 Å². The van der Waals surface area contributed by atoms with Crippen molar-refractivity contribution in [3.05, 3.63) is 29.3 Å². The van der Waals surface area contributed by atoms with Crippen LogP contribution in [0, 0.1) is 0 Å². The van der Waals surface area contributed by atoms with Crippen LogP contribution >= 0.6 is 11.3 Å². The number of piperidine rings is 2. The Morgan fingerprint density at radius 1 is 1.16 bits per heavy atom. The maximum atomic E-state index is 12.7. The smallest absolute Gasteiger partial charge is 0.236 e. The monoisotopic (exact) mass is 357 g/mol. The number of hydrogen-bond acceptors (Lipinski definition) is 4. The van der Waals surface area contributed by atoms with Gasteiger partial charge in [0.2, 0.25) is 5.91 Å². The molecule has 4 rings (SSSR count). The van der Waals surface area contributed by atoms with Gasteiger partial charge in [-0.1, -0.05) is 18.6 Å². The molecule has 0 unspecified atom stereocenters. The van der Waals surface area contributed by atoms with Gasteiger partial charge >= 0.3 is 0 Å². The molecule has 3 heterocycles. The first kappa shape index (κ1) is 17.0. The minimum Gasteiger partial charge on any atom is -0.342 e. The number of benzene rings is 1. The maximum absolute atomic E-state index is 12.7. The molecule has 1 amide bonds. The van der Waals surface area contributed by atoms with Crippen molar-refractivity contribution in [2.45, 2.75) is 51.0 Å². The van der Waals surface area contributed by atoms with E-state index in [0.29, 0.717) is 24.4 Å². The highest BCUT2D eigenvalue weighted by Gasteiger charge is 2.28. The summed E-state index contributed by atoms with van der Waals surface area (Å²) in [6, 6.07) is 8.92. The molecule has 2 aliphatic rings. The Morgan fingerprint density at radius 3 is 2.72 bits per heavy atom. The lowest BCUT2D eigenvalue weighted by atomic mass is 9.97. The van der Waals surface area contributed by atoms with Crippen LogP contribution in [0.4, 0.5) is 0 Å². The number of fused-ring (bicyclic) bond motifs is 1. The molecular formula is C20H27N3OS. The van der Waals surface area contributed by atoms with Crippen molar-refractivity contribution in [1.29, 1.82) is 0 Å². The van der Waals surface area contributed by atoms with E-state index in [4.69, 9.17) is 4.98 Å². The van der Waals surface area contributed by atoms with Gasteiger partial charge in [0.15, 0.2) is 0 Å². The van der Waals surface area contributed by atoms with Crippen LogP contribution < -0.4 is 0 Å². The third-order valence-corrected chi connectivity index (χ3v) is 6.99. The molecule has 0 saturated carbocycles. The summed E-state index contributed by atoms with van der Waals surface area (Å²) in [4.78, 5) is 21.9. The standard InChI is InChI=1S/C20H27N3OS/c1-15-6-4-5-11-23(15)14-19(24)22-12-9-16(10-13-22)20-21-17-7-2-3-8-18(17)25-20/h2-3,7-8,15-16H,4-6,9-14H2,1H3/t15-/m1/s1. The highest BCUT2D eigenvalue weighted by Crippen LogP contribution is 2.33. The number of rotatable bonds is 3. The summed E-state index contributed by atoms with van der Waals surface area (Å²) in [7, 11) is 0. The second-order valence-electron chi connectivity index (χ2n) is 7.49. The molecule has 0 radical (unpaired) electrons. The summed E-state index contributed by atoms with van der Waals surface area (Å²) in [5.41, 5.74) is 1.11. The molecule has 0 spiro atoms. The largest absolute Gasteiger partial charge is 0.342 e. The van der Waals surface area contributed by atoms with Crippen molar-refractivity contribution >= 4 is 27.5 Å². The molecular weight excluding hydrogens is 330 g/mol. The fourth-order valence-corrected chi connectivity index (χ4v) is 5.24. The second kappa shape index (κ2) is 7.42. The van der Waals surface area contributed by atoms with E-state index < -0.39 is 0 Å². The van der Waals surface area contributed by atoms with Crippen molar-refractivity contribution < 1.29 is 4.79 Å². The lowest BCUT2D eigenvalue weighted by Crippen LogP contribution is -2.47. The Kier molecular flexibility index (Phi) is 5.04. The first-order chi connectivity index (χ1) is 12.2. The Morgan fingerprint density at radius 2 is 1.96 bits per heavy atom. The highest BCUT2D eigenvalue weighted by atomic mass is 32.1. The predicted octanol–water partition coefficient (Wildman–Crippen LogP) is 3.88. The number of amides is 1. The van der Waals surface area contributed by atoms with Crippen LogP contribution in [0.1, 0.15) is 50.0 Å². The second-order valence-corrected chi connectivity index (χ2v) is 8.55. The average molecular weight is 358 g/mol. The zero-order valence-corrected chi connectivity index (χ0v) is 15.8. The van der Waals surface area contributed by atoms with Crippen LogP contribution in [-0.4, -0.2) is 52.9 Å². The number of thiazole rings is 1. The Balaban J connectivity index is 1.33. The van der Waals surface area contributed by atoms with Crippen LogP contribution in [0.3, 0.4) is 0 Å². The van der Waals surface area contributed by atoms with Gasteiger partial charge in [-0.3, -0.25) is 9.69 Å². The maximum Gasteiger partial charge on any atom is 0.236 e. The zero-order valence-electron chi connectivity index (χ0n) is 15.0. The molecule has 5 heteroatoms. The van der Waals surface area contributed by atoms with Crippen LogP contribution in [0.15, 0.2) is 24.3 Å². The molecule has 0 bridgehead atoms. The summed E-state index contributed by atoms with van der Waals surface area (Å²) in [5, 5.41) is 1.25. The molecule has 134 valence electrons. The number of likely N-dealkylation sites (tertiary alicyclic amines) is 2. The quantitative estimate of drug-likeness (QED) is 0.836. The molecule has 2 fully saturated rings. The molecule has 1 atom stereocenters. The zero-order chi connectivity index (χ0) is 17.2. The van der Waals surface area contributed by atoms with E-state index in [1.165, 1.54) is 29.0 Å². The van der Waals surface area contributed by atoms with Gasteiger partial charge in [-0.25, -0.2) is 4.98 Å². The van der Waals surface area contributed by atoms with Crippen molar-refractivity contribution in [3.8, 4) is 0 Å². The summed E-state index contributed by atoms with van der Waals surface area (Å²) in [6.07, 6.45) is 5.85. The lowest BCUT2D eigenvalue weighted by molar-refractivity contribution is -0.134. The van der Waals surface area contributed by atoms with Gasteiger partial charge < -0.3 is 4.90 Å². The molecule has 1 aromatic heterocycles. The number of hydrogen-bond donors (Lipinski definition) is 0. The Bertz CT molecular complexity index is 702. The molecule has 1 aromatic carbocycles. The molecule has 25 heavy (non-hydrogen) atoms. The van der Waals surface area contributed by atoms with Crippen LogP contribution in [0.2, 0.25) is 0 Å². The van der Waals surface area contributed by atoms with Gasteiger partial charge in [-0.05, 0) is 51.3 Å². The third kappa shape index (κ3) is 3.72. The van der Waals surface area contributed by atoms with Gasteiger partial charge in [0.05, 0.1) is 21.8 Å². The fourth-order valence-electron chi connectivity index (χ4n) is 4.11. The van der Waals surface area contributed by atoms with E-state index in [1.54, 1.807) is 0 Å². The van der Waals surface area contributed by atoms with E-state index in [1.807, 2.05) is 11.3 Å². The van der Waals surface area contributed by atoms with Crippen molar-refractivity contribution in [3.63, 3.8) is 0 Å². The van der Waals surface area contributed by atoms with E-state index in [2.05, 4.69) is 41.0 Å². The van der Waals surface area contributed by atoms with E-state index in [0.717, 1.165) is 38.0 Å². The predicted molar refractivity (Wildman–Crippen MR) is 103 cm³/mol. The molecule has 4 nitrogen and oxygen atoms in total. The lowest BCUT2D eigenvalue weighted by Gasteiger charge is -2.36. The Labute approximate surface area is 153 Å². The minimum absolute atomic E-state index is 0.316. The van der Waals surface area contributed by atoms with Crippen molar-refractivity contribution in [1.82, 2.24) is 14.8 Å². The average Bonchev–Trinajstić information content (AvgIpc) is 3.08. The topological polar surface area (TPSA) is 36.4 Å². The fraction of sp³-hybridized carbons (Fsp3) is 0.600. The SMILES string of the molecule is C[C@@H]1CCCCN1CC(=O)N1CCC(c2nc3ccccc3s2)CC1. The normalized spacial score (nSPS) is 23.2. The first-order valence-electron chi connectivity index (χ1n) is 9.58. The molecule has 2 aromatic rings. The highest BCUT2D eigenvalue weighted by molar-refractivity contribution is 7.18. The summed E-state index contributed by atoms with van der Waals surface area (Å²) in [5.74, 6) is 0.826. The van der Waals surface area contributed by atoms with Gasteiger partial charge in [0.25, 0.3) is 0 Å². The van der Waals surface area contributed by atoms with Gasteiger partial charge in [0, 0.05) is 25.0 Å². The van der Waals surface area contributed by atoms with Crippen LogP contribution in [0.5, 0.6) is 0 Å². The van der Waals surface area contributed by atoms with E-state index >= 15 is 0 Å². The molecule has 0 N–H and O–H groups in total.